The average molecular weight is 260 g/mol. The zero-order valence-electron chi connectivity index (χ0n) is 9.88. The number of hydrogen-bond donors (Lipinski definition) is 3. The Hall–Kier alpha value is -1.21. The van der Waals surface area contributed by atoms with E-state index in [1.165, 1.54) is 5.12 Å². The number of nitrogens with one attached hydrogen (secondary N) is 2. The van der Waals surface area contributed by atoms with E-state index in [1.807, 2.05) is 18.2 Å². The van der Waals surface area contributed by atoms with Crippen molar-refractivity contribution >= 4 is 18.3 Å². The van der Waals surface area contributed by atoms with Gasteiger partial charge in [0.25, 0.3) is 5.91 Å². The molecule has 7 heteroatoms. The smallest absolute Gasteiger partial charge is 0.268 e. The van der Waals surface area contributed by atoms with Gasteiger partial charge in [0.1, 0.15) is 0 Å². The predicted octanol–water partition coefficient (Wildman–Crippen LogP) is -0.529. The third kappa shape index (κ3) is 4.66. The molecule has 0 aliphatic carbocycles. The van der Waals surface area contributed by atoms with Crippen LogP contribution < -0.4 is 16.6 Å². The highest BCUT2D eigenvalue weighted by Crippen LogP contribution is 1.99. The summed E-state index contributed by atoms with van der Waals surface area (Å²) in [4.78, 5) is 15.9. The Labute approximate surface area is 107 Å². The van der Waals surface area contributed by atoms with Gasteiger partial charge in [-0.1, -0.05) is 6.07 Å². The number of carbonyl (C=O) groups is 1. The fraction of sp³-hybridized carbons (Fsp3) is 0.400. The van der Waals surface area contributed by atoms with Gasteiger partial charge in [0.2, 0.25) is 0 Å². The normalized spacial score (nSPS) is 11.5. The van der Waals surface area contributed by atoms with E-state index in [4.69, 9.17) is 5.73 Å². The number of hydrazine groups is 2. The van der Waals surface area contributed by atoms with Crippen molar-refractivity contribution in [3.05, 3.63) is 30.1 Å². The fourth-order valence-electron chi connectivity index (χ4n) is 1.33. The van der Waals surface area contributed by atoms with Gasteiger partial charge in [0, 0.05) is 32.4 Å². The number of hydrogen-bond acceptors (Lipinski definition) is 5. The zero-order valence-corrected chi connectivity index (χ0v) is 10.7. The van der Waals surface area contributed by atoms with Gasteiger partial charge in [-0.15, -0.1) is 12.4 Å². The Morgan fingerprint density at radius 2 is 2.12 bits per heavy atom. The first-order valence-corrected chi connectivity index (χ1v) is 5.03. The Balaban J connectivity index is 0.00000256. The van der Waals surface area contributed by atoms with Crippen LogP contribution in [0.3, 0.4) is 0 Å². The summed E-state index contributed by atoms with van der Waals surface area (Å²) in [6, 6.07) is 4.92. The lowest BCUT2D eigenvalue weighted by atomic mass is 10.1. The van der Waals surface area contributed by atoms with Crippen molar-refractivity contribution in [3.63, 3.8) is 0 Å². The van der Waals surface area contributed by atoms with Crippen LogP contribution in [0, 0.1) is 0 Å². The summed E-state index contributed by atoms with van der Waals surface area (Å²) >= 11 is 0. The van der Waals surface area contributed by atoms with Crippen LogP contribution in [0.25, 0.3) is 0 Å². The Morgan fingerprint density at radius 3 is 2.59 bits per heavy atom. The number of nitrogens with zero attached hydrogens (tertiary/aromatic N) is 2. The average Bonchev–Trinajstić information content (AvgIpc) is 2.31. The molecule has 0 spiro atoms. The quantitative estimate of drug-likeness (QED) is 0.620. The van der Waals surface area contributed by atoms with Crippen LogP contribution in [0.4, 0.5) is 0 Å². The van der Waals surface area contributed by atoms with Crippen LogP contribution in [0.1, 0.15) is 5.69 Å². The number of rotatable bonds is 5. The number of nitrogens with two attached hydrogens (primary N) is 1. The SMILES string of the molecule is CNN(NC)C(=O)[C@@H](N)Cc1ccccn1.Cl. The second kappa shape index (κ2) is 7.97. The summed E-state index contributed by atoms with van der Waals surface area (Å²) in [7, 11) is 3.28. The van der Waals surface area contributed by atoms with Crippen molar-refractivity contribution in [2.45, 2.75) is 12.5 Å². The van der Waals surface area contributed by atoms with Gasteiger partial charge < -0.3 is 5.73 Å². The number of aromatic nitrogens is 1. The van der Waals surface area contributed by atoms with E-state index in [0.29, 0.717) is 6.42 Å². The lowest BCUT2D eigenvalue weighted by Gasteiger charge is -2.22. The van der Waals surface area contributed by atoms with Gasteiger partial charge in [0.15, 0.2) is 0 Å². The molecule has 17 heavy (non-hydrogen) atoms. The molecule has 0 unspecified atom stereocenters. The first kappa shape index (κ1) is 15.8. The molecule has 0 bridgehead atoms. The largest absolute Gasteiger partial charge is 0.319 e. The number of halogens is 1. The van der Waals surface area contributed by atoms with E-state index in [9.17, 15) is 4.79 Å². The van der Waals surface area contributed by atoms with Crippen LogP contribution in [0.15, 0.2) is 24.4 Å². The number of pyridine rings is 1. The van der Waals surface area contributed by atoms with Gasteiger partial charge in [-0.25, -0.2) is 16.0 Å². The summed E-state index contributed by atoms with van der Waals surface area (Å²) in [5.41, 5.74) is 12.0. The highest BCUT2D eigenvalue weighted by atomic mass is 35.5. The third-order valence-corrected chi connectivity index (χ3v) is 2.14. The van der Waals surface area contributed by atoms with Crippen molar-refractivity contribution < 1.29 is 4.79 Å². The van der Waals surface area contributed by atoms with Gasteiger partial charge >= 0.3 is 0 Å². The Kier molecular flexibility index (Phi) is 7.40. The molecule has 0 saturated heterocycles. The molecule has 0 fully saturated rings. The highest BCUT2D eigenvalue weighted by Gasteiger charge is 2.19. The van der Waals surface area contributed by atoms with Crippen molar-refractivity contribution in [3.8, 4) is 0 Å². The Bertz CT molecular complexity index is 331. The van der Waals surface area contributed by atoms with E-state index in [0.717, 1.165) is 5.69 Å². The molecular weight excluding hydrogens is 242 g/mol. The minimum atomic E-state index is -0.616. The second-order valence-corrected chi connectivity index (χ2v) is 3.25. The van der Waals surface area contributed by atoms with Crippen molar-refractivity contribution in [2.24, 2.45) is 5.73 Å². The maximum Gasteiger partial charge on any atom is 0.268 e. The standard InChI is InChI=1S/C10H17N5O.ClH/c1-12-15(13-2)10(16)9(11)7-8-5-3-4-6-14-8;/h3-6,9,12-13H,7,11H2,1-2H3;1H/t9-;/m0./s1. The van der Waals surface area contributed by atoms with Gasteiger partial charge in [-0.2, -0.15) is 0 Å². The first-order chi connectivity index (χ1) is 7.69. The minimum Gasteiger partial charge on any atom is -0.319 e. The minimum absolute atomic E-state index is 0. The van der Waals surface area contributed by atoms with E-state index in [-0.39, 0.29) is 18.3 Å². The second-order valence-electron chi connectivity index (χ2n) is 3.25. The van der Waals surface area contributed by atoms with Crippen LogP contribution in [0.5, 0.6) is 0 Å². The molecule has 6 nitrogen and oxygen atoms in total. The molecule has 1 amide bonds. The number of amides is 1. The molecule has 0 radical (unpaired) electrons. The molecule has 4 N–H and O–H groups in total. The first-order valence-electron chi connectivity index (χ1n) is 5.03. The molecule has 96 valence electrons. The Morgan fingerprint density at radius 1 is 1.47 bits per heavy atom. The maximum atomic E-state index is 11.8. The molecule has 1 aromatic rings. The fourth-order valence-corrected chi connectivity index (χ4v) is 1.33. The van der Waals surface area contributed by atoms with Gasteiger partial charge in [-0.3, -0.25) is 9.78 Å². The summed E-state index contributed by atoms with van der Waals surface area (Å²) in [6.07, 6.45) is 2.10. The maximum absolute atomic E-state index is 11.8. The molecular formula is C10H18ClN5O. The lowest BCUT2D eigenvalue weighted by Crippen LogP contribution is -2.55. The molecule has 1 aromatic heterocycles. The van der Waals surface area contributed by atoms with Crippen molar-refractivity contribution in [1.29, 1.82) is 0 Å². The zero-order chi connectivity index (χ0) is 12.0. The summed E-state index contributed by atoms with van der Waals surface area (Å²) in [5.74, 6) is -0.226. The number of carbonyl (C=O) groups excluding carboxylic acids is 1. The summed E-state index contributed by atoms with van der Waals surface area (Å²) < 4.78 is 0. The predicted molar refractivity (Wildman–Crippen MR) is 68.1 cm³/mol. The summed E-state index contributed by atoms with van der Waals surface area (Å²) in [5, 5.41) is 1.24. The van der Waals surface area contributed by atoms with Crippen molar-refractivity contribution in [2.75, 3.05) is 14.1 Å². The lowest BCUT2D eigenvalue weighted by molar-refractivity contribution is -0.138. The van der Waals surface area contributed by atoms with Gasteiger partial charge in [0.05, 0.1) is 6.04 Å². The van der Waals surface area contributed by atoms with Crippen molar-refractivity contribution in [1.82, 2.24) is 21.0 Å². The molecule has 0 aliphatic heterocycles. The van der Waals surface area contributed by atoms with E-state index < -0.39 is 6.04 Å². The molecule has 0 saturated carbocycles. The van der Waals surface area contributed by atoms with Crippen LogP contribution >= 0.6 is 12.4 Å². The monoisotopic (exact) mass is 259 g/mol. The van der Waals surface area contributed by atoms with E-state index in [1.54, 1.807) is 20.3 Å². The topological polar surface area (TPSA) is 83.3 Å². The van der Waals surface area contributed by atoms with Crippen LogP contribution in [-0.2, 0) is 11.2 Å². The molecule has 1 heterocycles. The van der Waals surface area contributed by atoms with Crippen LogP contribution in [-0.4, -0.2) is 36.1 Å². The molecule has 1 atom stereocenters. The molecule has 0 aliphatic rings. The van der Waals surface area contributed by atoms with Gasteiger partial charge in [-0.05, 0) is 12.1 Å². The highest BCUT2D eigenvalue weighted by molar-refractivity contribution is 5.85. The molecule has 1 rings (SSSR count). The van der Waals surface area contributed by atoms with Crippen LogP contribution in [0.2, 0.25) is 0 Å². The van der Waals surface area contributed by atoms with E-state index in [2.05, 4.69) is 15.8 Å². The summed E-state index contributed by atoms with van der Waals surface area (Å²) in [6.45, 7) is 0. The van der Waals surface area contributed by atoms with E-state index >= 15 is 0 Å². The third-order valence-electron chi connectivity index (χ3n) is 2.14. The molecule has 0 aromatic carbocycles.